The van der Waals surface area contributed by atoms with E-state index in [0.717, 1.165) is 32.1 Å². The zero-order chi connectivity index (χ0) is 11.7. The van der Waals surface area contributed by atoms with Crippen LogP contribution in [0.15, 0.2) is 12.2 Å². The zero-order valence-corrected chi connectivity index (χ0v) is 9.82. The molecule has 2 fully saturated rings. The fraction of sp³-hybridized carbons (Fsp3) is 0.769. The van der Waals surface area contributed by atoms with Gasteiger partial charge in [-0.05, 0) is 38.5 Å². The predicted octanol–water partition coefficient (Wildman–Crippen LogP) is 2.05. The molecule has 0 aliphatic heterocycles. The van der Waals surface area contributed by atoms with Crippen LogP contribution >= 0.6 is 0 Å². The number of hydrogen-bond donors (Lipinski definition) is 1. The minimum absolute atomic E-state index is 0.00384. The molecule has 0 amide bonds. The van der Waals surface area contributed by atoms with E-state index in [2.05, 4.69) is 6.58 Å². The second-order valence-electron chi connectivity index (χ2n) is 5.13. The first-order valence-electron chi connectivity index (χ1n) is 6.14. The molecule has 2 unspecified atom stereocenters. The molecular formula is C13H20O3. The van der Waals surface area contributed by atoms with E-state index in [9.17, 15) is 9.90 Å². The van der Waals surface area contributed by atoms with Crippen molar-refractivity contribution in [2.45, 2.75) is 51.2 Å². The highest BCUT2D eigenvalue weighted by Gasteiger charge is 2.43. The lowest BCUT2D eigenvalue weighted by Gasteiger charge is -2.32. The van der Waals surface area contributed by atoms with Gasteiger partial charge >= 0.3 is 5.97 Å². The summed E-state index contributed by atoms with van der Waals surface area (Å²) in [5.41, 5.74) is 0.458. The Bertz CT molecular complexity index is 298. The molecule has 0 aromatic heterocycles. The van der Waals surface area contributed by atoms with Crippen LogP contribution in [-0.4, -0.2) is 23.3 Å². The van der Waals surface area contributed by atoms with E-state index >= 15 is 0 Å². The van der Waals surface area contributed by atoms with E-state index in [1.807, 2.05) is 0 Å². The highest BCUT2D eigenvalue weighted by molar-refractivity contribution is 5.87. The van der Waals surface area contributed by atoms with Crippen LogP contribution in [-0.2, 0) is 9.53 Å². The molecule has 0 bridgehead atoms. The topological polar surface area (TPSA) is 46.5 Å². The highest BCUT2D eigenvalue weighted by atomic mass is 16.5. The second-order valence-corrected chi connectivity index (χ2v) is 5.13. The predicted molar refractivity (Wildman–Crippen MR) is 60.8 cm³/mol. The summed E-state index contributed by atoms with van der Waals surface area (Å²) in [6.45, 7) is 5.26. The molecule has 3 heteroatoms. The van der Waals surface area contributed by atoms with Crippen LogP contribution in [0.1, 0.15) is 39.0 Å². The molecule has 2 saturated carbocycles. The lowest BCUT2D eigenvalue weighted by Crippen LogP contribution is -2.34. The Labute approximate surface area is 96.5 Å². The van der Waals surface area contributed by atoms with Gasteiger partial charge < -0.3 is 9.84 Å². The number of aliphatic hydroxyl groups is 1. The van der Waals surface area contributed by atoms with Crippen molar-refractivity contribution in [3.05, 3.63) is 12.2 Å². The summed E-state index contributed by atoms with van der Waals surface area (Å²) in [6, 6.07) is 0. The van der Waals surface area contributed by atoms with Crippen molar-refractivity contribution in [3.63, 3.8) is 0 Å². The van der Waals surface area contributed by atoms with Gasteiger partial charge in [0, 0.05) is 11.5 Å². The van der Waals surface area contributed by atoms with Crippen molar-refractivity contribution < 1.29 is 14.6 Å². The number of hydrogen-bond acceptors (Lipinski definition) is 3. The molecule has 4 atom stereocenters. The Balaban J connectivity index is 1.97. The van der Waals surface area contributed by atoms with E-state index < -0.39 is 0 Å². The van der Waals surface area contributed by atoms with Crippen molar-refractivity contribution in [3.8, 4) is 0 Å². The maximum Gasteiger partial charge on any atom is 0.333 e. The van der Waals surface area contributed by atoms with Gasteiger partial charge in [-0.3, -0.25) is 0 Å². The molecule has 0 radical (unpaired) electrons. The number of ether oxygens (including phenoxy) is 1. The summed E-state index contributed by atoms with van der Waals surface area (Å²) in [7, 11) is 0. The minimum Gasteiger partial charge on any atom is -0.459 e. The Hall–Kier alpha value is -0.830. The average Bonchev–Trinajstić information content (AvgIpc) is 2.63. The summed E-state index contributed by atoms with van der Waals surface area (Å²) >= 11 is 0. The molecule has 90 valence electrons. The summed E-state index contributed by atoms with van der Waals surface area (Å²) < 4.78 is 5.44. The van der Waals surface area contributed by atoms with Crippen LogP contribution in [0.2, 0.25) is 0 Å². The Morgan fingerprint density at radius 2 is 2.00 bits per heavy atom. The fourth-order valence-corrected chi connectivity index (χ4v) is 3.10. The molecule has 2 aliphatic carbocycles. The molecule has 2 rings (SSSR count). The van der Waals surface area contributed by atoms with Gasteiger partial charge in [0.25, 0.3) is 0 Å². The molecule has 0 aromatic carbocycles. The molecule has 0 spiro atoms. The first kappa shape index (κ1) is 11.6. The largest absolute Gasteiger partial charge is 0.459 e. The first-order valence-corrected chi connectivity index (χ1v) is 6.14. The molecule has 1 N–H and O–H groups in total. The van der Waals surface area contributed by atoms with Crippen LogP contribution in [0.3, 0.4) is 0 Å². The van der Waals surface area contributed by atoms with E-state index in [0.29, 0.717) is 17.4 Å². The van der Waals surface area contributed by atoms with E-state index in [4.69, 9.17) is 4.74 Å². The summed E-state index contributed by atoms with van der Waals surface area (Å²) in [5.74, 6) is 0.425. The zero-order valence-electron chi connectivity index (χ0n) is 9.82. The third-order valence-corrected chi connectivity index (χ3v) is 3.95. The van der Waals surface area contributed by atoms with E-state index in [1.54, 1.807) is 6.92 Å². The van der Waals surface area contributed by atoms with E-state index in [1.165, 1.54) is 0 Å². The maximum atomic E-state index is 11.5. The standard InChI is InChI=1S/C13H20O3/c1-8(2)13(15)16-12-7-6-9-10(12)4-3-5-11(9)14/h9-12,14H,1,3-7H2,2H3/t9?,10?,11-,12-/m1/s1. The molecule has 3 nitrogen and oxygen atoms in total. The Kier molecular flexibility index (Phi) is 3.33. The van der Waals surface area contributed by atoms with Crippen molar-refractivity contribution in [2.75, 3.05) is 0 Å². The van der Waals surface area contributed by atoms with Crippen molar-refractivity contribution >= 4 is 5.97 Å². The van der Waals surface area contributed by atoms with E-state index in [-0.39, 0.29) is 18.2 Å². The van der Waals surface area contributed by atoms with Crippen molar-refractivity contribution in [2.24, 2.45) is 11.8 Å². The lowest BCUT2D eigenvalue weighted by atomic mass is 9.79. The summed E-state index contributed by atoms with van der Waals surface area (Å²) in [5, 5.41) is 9.88. The number of fused-ring (bicyclic) bond motifs is 1. The number of carbonyl (C=O) groups excluding carboxylic acids is 1. The molecule has 0 heterocycles. The van der Waals surface area contributed by atoms with Crippen LogP contribution in [0, 0.1) is 11.8 Å². The van der Waals surface area contributed by atoms with Crippen molar-refractivity contribution in [1.29, 1.82) is 0 Å². The quantitative estimate of drug-likeness (QED) is 0.577. The SMILES string of the molecule is C=C(C)C(=O)O[C@@H]1CCC2C1CCC[C@H]2O. The molecule has 0 saturated heterocycles. The highest BCUT2D eigenvalue weighted by Crippen LogP contribution is 2.43. The smallest absolute Gasteiger partial charge is 0.333 e. The maximum absolute atomic E-state index is 11.5. The molecular weight excluding hydrogens is 204 g/mol. The lowest BCUT2D eigenvalue weighted by molar-refractivity contribution is -0.147. The molecule has 16 heavy (non-hydrogen) atoms. The van der Waals surface area contributed by atoms with Gasteiger partial charge in [0.15, 0.2) is 0 Å². The Morgan fingerprint density at radius 1 is 1.25 bits per heavy atom. The Morgan fingerprint density at radius 3 is 2.69 bits per heavy atom. The minimum atomic E-state index is -0.286. The van der Waals surface area contributed by atoms with Gasteiger partial charge in [-0.2, -0.15) is 0 Å². The van der Waals surface area contributed by atoms with Gasteiger partial charge in [-0.1, -0.05) is 13.0 Å². The summed E-state index contributed by atoms with van der Waals surface area (Å²) in [6.07, 6.45) is 4.73. The van der Waals surface area contributed by atoms with Gasteiger partial charge in [-0.15, -0.1) is 0 Å². The van der Waals surface area contributed by atoms with Gasteiger partial charge in [0.2, 0.25) is 0 Å². The number of carbonyl (C=O) groups is 1. The fourth-order valence-electron chi connectivity index (χ4n) is 3.10. The van der Waals surface area contributed by atoms with Gasteiger partial charge in [0.05, 0.1) is 6.10 Å². The third-order valence-electron chi connectivity index (χ3n) is 3.95. The first-order chi connectivity index (χ1) is 7.59. The van der Waals surface area contributed by atoms with Crippen LogP contribution in [0.4, 0.5) is 0 Å². The molecule has 0 aromatic rings. The second kappa shape index (κ2) is 4.58. The van der Waals surface area contributed by atoms with Gasteiger partial charge in [0.1, 0.15) is 6.10 Å². The number of esters is 1. The third kappa shape index (κ3) is 2.14. The number of aliphatic hydroxyl groups excluding tert-OH is 1. The van der Waals surface area contributed by atoms with Crippen LogP contribution in [0.5, 0.6) is 0 Å². The summed E-state index contributed by atoms with van der Waals surface area (Å²) in [4.78, 5) is 11.5. The average molecular weight is 224 g/mol. The van der Waals surface area contributed by atoms with Crippen molar-refractivity contribution in [1.82, 2.24) is 0 Å². The van der Waals surface area contributed by atoms with Crippen LogP contribution < -0.4 is 0 Å². The van der Waals surface area contributed by atoms with Crippen LogP contribution in [0.25, 0.3) is 0 Å². The monoisotopic (exact) mass is 224 g/mol. The van der Waals surface area contributed by atoms with Gasteiger partial charge in [-0.25, -0.2) is 4.79 Å². The normalized spacial score (nSPS) is 37.9. The molecule has 2 aliphatic rings. The number of rotatable bonds is 2.